The van der Waals surface area contributed by atoms with Crippen LogP contribution in [-0.4, -0.2) is 41.6 Å². The predicted octanol–water partition coefficient (Wildman–Crippen LogP) is 3.49. The number of amides is 1. The van der Waals surface area contributed by atoms with Gasteiger partial charge in [0, 0.05) is 32.1 Å². The van der Waals surface area contributed by atoms with Crippen LogP contribution in [0.25, 0.3) is 0 Å². The Morgan fingerprint density at radius 3 is 2.52 bits per heavy atom. The largest absolute Gasteiger partial charge is 0.508 e. The highest BCUT2D eigenvalue weighted by atomic mass is 16.3. The molecular weight excluding hydrogens is 312 g/mol. The molecule has 1 aromatic rings. The molecule has 4 heteroatoms. The van der Waals surface area contributed by atoms with E-state index in [9.17, 15) is 9.90 Å². The minimum atomic E-state index is 0.106. The third kappa shape index (κ3) is 5.74. The molecule has 2 N–H and O–H groups in total. The van der Waals surface area contributed by atoms with E-state index in [1.807, 2.05) is 12.1 Å². The highest BCUT2D eigenvalue weighted by Crippen LogP contribution is 2.25. The molecule has 2 fully saturated rings. The zero-order valence-electron chi connectivity index (χ0n) is 15.3. The van der Waals surface area contributed by atoms with Crippen LogP contribution in [0.15, 0.2) is 24.3 Å². The molecule has 25 heavy (non-hydrogen) atoms. The van der Waals surface area contributed by atoms with Crippen molar-refractivity contribution < 1.29 is 9.90 Å². The Bertz CT molecular complexity index is 547. The van der Waals surface area contributed by atoms with Gasteiger partial charge in [0.25, 0.3) is 0 Å². The van der Waals surface area contributed by atoms with E-state index in [1.165, 1.54) is 38.6 Å². The zero-order valence-corrected chi connectivity index (χ0v) is 15.3. The third-order valence-electron chi connectivity index (χ3n) is 5.81. The van der Waals surface area contributed by atoms with E-state index in [0.717, 1.165) is 37.4 Å². The summed E-state index contributed by atoms with van der Waals surface area (Å²) < 4.78 is 0. The molecule has 1 aliphatic carbocycles. The van der Waals surface area contributed by atoms with Gasteiger partial charge in [-0.25, -0.2) is 0 Å². The van der Waals surface area contributed by atoms with Gasteiger partial charge in [-0.3, -0.25) is 4.79 Å². The van der Waals surface area contributed by atoms with Gasteiger partial charge in [-0.1, -0.05) is 37.5 Å². The maximum absolute atomic E-state index is 12.2. The van der Waals surface area contributed by atoms with Crippen molar-refractivity contribution in [2.45, 2.75) is 63.8 Å². The number of hydrogen-bond acceptors (Lipinski definition) is 3. The maximum Gasteiger partial charge on any atom is 0.220 e. The molecule has 1 aromatic carbocycles. The zero-order chi connectivity index (χ0) is 17.5. The molecule has 1 heterocycles. The average molecular weight is 344 g/mol. The molecule has 0 aromatic heterocycles. The van der Waals surface area contributed by atoms with Crippen LogP contribution in [0.2, 0.25) is 0 Å². The van der Waals surface area contributed by atoms with Crippen molar-refractivity contribution in [2.75, 3.05) is 19.6 Å². The summed E-state index contributed by atoms with van der Waals surface area (Å²) in [5, 5.41) is 13.0. The second kappa shape index (κ2) is 9.23. The van der Waals surface area contributed by atoms with Gasteiger partial charge < -0.3 is 15.3 Å². The van der Waals surface area contributed by atoms with Crippen LogP contribution in [0.1, 0.15) is 56.9 Å². The number of phenols is 1. The normalized spacial score (nSPS) is 20.5. The Morgan fingerprint density at radius 1 is 1.08 bits per heavy atom. The lowest BCUT2D eigenvalue weighted by Crippen LogP contribution is -2.46. The summed E-state index contributed by atoms with van der Waals surface area (Å²) in [5.41, 5.74) is 0.847. The van der Waals surface area contributed by atoms with Crippen LogP contribution in [-0.2, 0) is 11.2 Å². The summed E-state index contributed by atoms with van der Waals surface area (Å²) in [6, 6.07) is 7.58. The summed E-state index contributed by atoms with van der Waals surface area (Å²) in [5.74, 6) is 1.29. The molecule has 0 bridgehead atoms. The summed E-state index contributed by atoms with van der Waals surface area (Å²) >= 11 is 0. The van der Waals surface area contributed by atoms with Crippen molar-refractivity contribution in [1.82, 2.24) is 10.2 Å². The van der Waals surface area contributed by atoms with Crippen molar-refractivity contribution in [1.29, 1.82) is 0 Å². The van der Waals surface area contributed by atoms with Crippen LogP contribution in [0.3, 0.4) is 0 Å². The van der Waals surface area contributed by atoms with Crippen LogP contribution in [0.5, 0.6) is 5.75 Å². The number of carbonyl (C=O) groups is 1. The number of carbonyl (C=O) groups excluding carboxylic acids is 1. The Hall–Kier alpha value is -1.55. The van der Waals surface area contributed by atoms with Crippen LogP contribution in [0.4, 0.5) is 0 Å². The highest BCUT2D eigenvalue weighted by molar-refractivity contribution is 5.76. The van der Waals surface area contributed by atoms with Gasteiger partial charge in [0.15, 0.2) is 0 Å². The van der Waals surface area contributed by atoms with E-state index in [2.05, 4.69) is 10.2 Å². The minimum Gasteiger partial charge on any atom is -0.508 e. The predicted molar refractivity (Wildman–Crippen MR) is 101 cm³/mol. The maximum atomic E-state index is 12.2. The molecule has 138 valence electrons. The van der Waals surface area contributed by atoms with Gasteiger partial charge in [-0.15, -0.1) is 0 Å². The number of nitrogens with zero attached hydrogens (tertiary/aromatic N) is 1. The SMILES string of the molecule is O=C(CCc1ccccc1O)NC1CCN(CC2CCCCC2)CC1. The Morgan fingerprint density at radius 2 is 1.80 bits per heavy atom. The van der Waals surface area contributed by atoms with Crippen LogP contribution in [0, 0.1) is 5.92 Å². The van der Waals surface area contributed by atoms with E-state index < -0.39 is 0 Å². The van der Waals surface area contributed by atoms with Gasteiger partial charge in [0.1, 0.15) is 5.75 Å². The van der Waals surface area contributed by atoms with Gasteiger partial charge in [-0.2, -0.15) is 0 Å². The Kier molecular flexibility index (Phi) is 6.74. The number of piperidine rings is 1. The minimum absolute atomic E-state index is 0.106. The molecule has 0 atom stereocenters. The fourth-order valence-corrected chi connectivity index (χ4v) is 4.27. The van der Waals surface area contributed by atoms with Crippen LogP contribution >= 0.6 is 0 Å². The number of phenolic OH excluding ortho intramolecular Hbond substituents is 1. The van der Waals surface area contributed by atoms with Gasteiger partial charge in [0.05, 0.1) is 0 Å². The van der Waals surface area contributed by atoms with E-state index in [0.29, 0.717) is 18.9 Å². The molecule has 1 saturated heterocycles. The Balaban J connectivity index is 1.34. The molecule has 0 radical (unpaired) electrons. The summed E-state index contributed by atoms with van der Waals surface area (Å²) in [6.07, 6.45) is 10.2. The number of para-hydroxylation sites is 1. The fraction of sp³-hybridized carbons (Fsp3) is 0.667. The number of rotatable bonds is 6. The standard InChI is InChI=1S/C21H32N2O2/c24-20-9-5-4-8-18(20)10-11-21(25)22-19-12-14-23(15-13-19)16-17-6-2-1-3-7-17/h4-5,8-9,17,19,24H,1-3,6-7,10-16H2,(H,22,25). The topological polar surface area (TPSA) is 52.6 Å². The van der Waals surface area contributed by atoms with Crippen molar-refractivity contribution in [3.8, 4) is 5.75 Å². The third-order valence-corrected chi connectivity index (χ3v) is 5.81. The first-order valence-corrected chi connectivity index (χ1v) is 9.99. The molecule has 1 saturated carbocycles. The summed E-state index contributed by atoms with van der Waals surface area (Å²) in [4.78, 5) is 14.8. The molecule has 1 aliphatic heterocycles. The first kappa shape index (κ1) is 18.2. The lowest BCUT2D eigenvalue weighted by molar-refractivity contribution is -0.122. The number of nitrogens with one attached hydrogen (secondary N) is 1. The first-order chi connectivity index (χ1) is 12.2. The molecular formula is C21H32N2O2. The van der Waals surface area contributed by atoms with E-state index in [4.69, 9.17) is 0 Å². The van der Waals surface area contributed by atoms with E-state index >= 15 is 0 Å². The van der Waals surface area contributed by atoms with Crippen molar-refractivity contribution in [3.63, 3.8) is 0 Å². The second-order valence-corrected chi connectivity index (χ2v) is 7.78. The van der Waals surface area contributed by atoms with E-state index in [-0.39, 0.29) is 11.7 Å². The number of aryl methyl sites for hydroxylation is 1. The number of benzene rings is 1. The second-order valence-electron chi connectivity index (χ2n) is 7.78. The van der Waals surface area contributed by atoms with E-state index in [1.54, 1.807) is 12.1 Å². The van der Waals surface area contributed by atoms with Crippen molar-refractivity contribution in [2.24, 2.45) is 5.92 Å². The molecule has 0 spiro atoms. The summed E-state index contributed by atoms with van der Waals surface area (Å²) in [6.45, 7) is 3.48. The Labute approximate surface area is 151 Å². The number of hydrogen-bond donors (Lipinski definition) is 2. The fourth-order valence-electron chi connectivity index (χ4n) is 4.27. The van der Waals surface area contributed by atoms with Crippen molar-refractivity contribution >= 4 is 5.91 Å². The number of aromatic hydroxyl groups is 1. The van der Waals surface area contributed by atoms with Crippen LogP contribution < -0.4 is 5.32 Å². The highest BCUT2D eigenvalue weighted by Gasteiger charge is 2.23. The van der Waals surface area contributed by atoms with Gasteiger partial charge in [0.2, 0.25) is 5.91 Å². The molecule has 1 amide bonds. The average Bonchev–Trinajstić information content (AvgIpc) is 2.64. The smallest absolute Gasteiger partial charge is 0.220 e. The molecule has 3 rings (SSSR count). The van der Waals surface area contributed by atoms with Gasteiger partial charge in [-0.05, 0) is 49.7 Å². The van der Waals surface area contributed by atoms with Crippen molar-refractivity contribution in [3.05, 3.63) is 29.8 Å². The number of likely N-dealkylation sites (tertiary alicyclic amines) is 1. The monoisotopic (exact) mass is 344 g/mol. The molecule has 4 nitrogen and oxygen atoms in total. The molecule has 2 aliphatic rings. The lowest BCUT2D eigenvalue weighted by Gasteiger charge is -2.35. The lowest BCUT2D eigenvalue weighted by atomic mass is 9.88. The van der Waals surface area contributed by atoms with Gasteiger partial charge >= 0.3 is 0 Å². The molecule has 0 unspecified atom stereocenters. The quantitative estimate of drug-likeness (QED) is 0.831. The first-order valence-electron chi connectivity index (χ1n) is 9.99. The summed E-state index contributed by atoms with van der Waals surface area (Å²) in [7, 11) is 0.